The summed E-state index contributed by atoms with van der Waals surface area (Å²) in [6.45, 7) is 2.29. The van der Waals surface area contributed by atoms with Gasteiger partial charge in [-0.3, -0.25) is 14.2 Å². The van der Waals surface area contributed by atoms with Crippen LogP contribution in [0.2, 0.25) is 0 Å². The zero-order chi connectivity index (χ0) is 19.6. The summed E-state index contributed by atoms with van der Waals surface area (Å²) in [4.78, 5) is 24.3. The van der Waals surface area contributed by atoms with E-state index >= 15 is 0 Å². The molecular formula is C18H23N3O5S. The zero-order valence-corrected chi connectivity index (χ0v) is 15.9. The van der Waals surface area contributed by atoms with Gasteiger partial charge in [0.05, 0.1) is 4.90 Å². The van der Waals surface area contributed by atoms with Crippen molar-refractivity contribution in [2.24, 2.45) is 5.73 Å². The topological polar surface area (TPSA) is 112 Å². The number of esters is 1. The van der Waals surface area contributed by atoms with Gasteiger partial charge in [0.15, 0.2) is 6.73 Å². The Morgan fingerprint density at radius 2 is 2.07 bits per heavy atom. The van der Waals surface area contributed by atoms with Crippen LogP contribution in [-0.4, -0.2) is 42.4 Å². The van der Waals surface area contributed by atoms with Crippen LogP contribution in [-0.2, 0) is 26.3 Å². The van der Waals surface area contributed by atoms with E-state index in [0.29, 0.717) is 24.8 Å². The molecule has 27 heavy (non-hydrogen) atoms. The number of rotatable bonds is 6. The Hall–Kier alpha value is -2.23. The molecule has 9 heteroatoms. The summed E-state index contributed by atoms with van der Waals surface area (Å²) < 4.78 is 33.6. The number of pyridine rings is 1. The summed E-state index contributed by atoms with van der Waals surface area (Å²) in [6, 6.07) is 5.99. The summed E-state index contributed by atoms with van der Waals surface area (Å²) in [5.41, 5.74) is 5.42. The van der Waals surface area contributed by atoms with E-state index < -0.39 is 15.6 Å². The van der Waals surface area contributed by atoms with Crippen molar-refractivity contribution >= 4 is 26.8 Å². The Kier molecular flexibility index (Phi) is 5.64. The van der Waals surface area contributed by atoms with Gasteiger partial charge in [-0.15, -0.1) is 0 Å². The SMILES string of the molecule is CCCC(=O)OCn1ccc2c(S(=O)(=O)N3CCC(N)C3)cccc2c1=O. The molecule has 1 aromatic carbocycles. The number of ether oxygens (including phenoxy) is 1. The second kappa shape index (κ2) is 7.79. The zero-order valence-electron chi connectivity index (χ0n) is 15.1. The minimum Gasteiger partial charge on any atom is -0.444 e. The second-order valence-electron chi connectivity index (χ2n) is 6.62. The van der Waals surface area contributed by atoms with Crippen molar-refractivity contribution in [3.8, 4) is 0 Å². The first kappa shape index (κ1) is 19.5. The maximum absolute atomic E-state index is 13.0. The monoisotopic (exact) mass is 393 g/mol. The normalized spacial score (nSPS) is 18.1. The number of hydrogen-bond donors (Lipinski definition) is 1. The molecule has 0 amide bonds. The van der Waals surface area contributed by atoms with E-state index in [9.17, 15) is 18.0 Å². The number of carbonyl (C=O) groups is 1. The minimum absolute atomic E-state index is 0.0846. The predicted octanol–water partition coefficient (Wildman–Crippen LogP) is 1.02. The molecule has 0 saturated carbocycles. The molecule has 0 bridgehead atoms. The fourth-order valence-electron chi connectivity index (χ4n) is 3.15. The van der Waals surface area contributed by atoms with Crippen LogP contribution in [0.1, 0.15) is 26.2 Å². The molecule has 0 aliphatic carbocycles. The van der Waals surface area contributed by atoms with E-state index in [4.69, 9.17) is 10.5 Å². The minimum atomic E-state index is -3.74. The fourth-order valence-corrected chi connectivity index (χ4v) is 4.86. The molecule has 1 saturated heterocycles. The third-order valence-electron chi connectivity index (χ3n) is 4.60. The molecule has 3 rings (SSSR count). The maximum atomic E-state index is 13.0. The molecule has 1 unspecified atom stereocenters. The van der Waals surface area contributed by atoms with Crippen LogP contribution in [0, 0.1) is 0 Å². The van der Waals surface area contributed by atoms with Gasteiger partial charge in [0.25, 0.3) is 5.56 Å². The van der Waals surface area contributed by atoms with E-state index in [1.54, 1.807) is 18.2 Å². The van der Waals surface area contributed by atoms with E-state index in [2.05, 4.69) is 0 Å². The Morgan fingerprint density at radius 3 is 2.74 bits per heavy atom. The van der Waals surface area contributed by atoms with E-state index in [-0.39, 0.29) is 42.0 Å². The first-order valence-corrected chi connectivity index (χ1v) is 10.3. The standard InChI is InChI=1S/C18H23N3O5S/c1-2-4-17(22)26-12-20-9-8-14-15(18(20)23)5-3-6-16(14)27(24,25)21-10-7-13(19)11-21/h3,5-6,8-9,13H,2,4,7,10-12,19H2,1H3. The fraction of sp³-hybridized carbons (Fsp3) is 0.444. The van der Waals surface area contributed by atoms with Crippen LogP contribution in [0.25, 0.3) is 10.8 Å². The van der Waals surface area contributed by atoms with Crippen molar-refractivity contribution in [1.29, 1.82) is 0 Å². The Labute approximate surface area is 157 Å². The molecule has 1 aliphatic rings. The van der Waals surface area contributed by atoms with E-state index in [1.165, 1.54) is 21.1 Å². The van der Waals surface area contributed by atoms with E-state index in [1.807, 2.05) is 6.92 Å². The third-order valence-corrected chi connectivity index (χ3v) is 6.53. The first-order chi connectivity index (χ1) is 12.8. The first-order valence-electron chi connectivity index (χ1n) is 8.88. The lowest BCUT2D eigenvalue weighted by Crippen LogP contribution is -2.32. The lowest BCUT2D eigenvalue weighted by atomic mass is 10.2. The van der Waals surface area contributed by atoms with Crippen LogP contribution in [0.15, 0.2) is 40.2 Å². The smallest absolute Gasteiger partial charge is 0.307 e. The number of aromatic nitrogens is 1. The van der Waals surface area contributed by atoms with Crippen LogP contribution in [0.5, 0.6) is 0 Å². The van der Waals surface area contributed by atoms with Gasteiger partial charge in [0, 0.05) is 42.5 Å². The molecule has 0 spiro atoms. The van der Waals surface area contributed by atoms with Crippen molar-refractivity contribution in [3.05, 3.63) is 40.8 Å². The highest BCUT2D eigenvalue weighted by Gasteiger charge is 2.32. The van der Waals surface area contributed by atoms with Crippen molar-refractivity contribution < 1.29 is 17.9 Å². The Balaban J connectivity index is 1.97. The van der Waals surface area contributed by atoms with Crippen LogP contribution in [0.3, 0.4) is 0 Å². The average molecular weight is 393 g/mol. The van der Waals surface area contributed by atoms with Crippen LogP contribution < -0.4 is 11.3 Å². The highest BCUT2D eigenvalue weighted by atomic mass is 32.2. The summed E-state index contributed by atoms with van der Waals surface area (Å²) >= 11 is 0. The number of benzene rings is 1. The summed E-state index contributed by atoms with van der Waals surface area (Å²) in [5.74, 6) is -0.383. The number of hydrogen-bond acceptors (Lipinski definition) is 6. The number of fused-ring (bicyclic) bond motifs is 1. The van der Waals surface area contributed by atoms with Gasteiger partial charge in [0.2, 0.25) is 10.0 Å². The lowest BCUT2D eigenvalue weighted by Gasteiger charge is -2.17. The number of nitrogens with two attached hydrogens (primary N) is 1. The van der Waals surface area contributed by atoms with Crippen molar-refractivity contribution in [2.75, 3.05) is 13.1 Å². The third kappa shape index (κ3) is 3.90. The maximum Gasteiger partial charge on any atom is 0.307 e. The molecule has 2 N–H and O–H groups in total. The molecule has 0 radical (unpaired) electrons. The Morgan fingerprint density at radius 1 is 1.30 bits per heavy atom. The molecule has 1 fully saturated rings. The second-order valence-corrected chi connectivity index (χ2v) is 8.52. The van der Waals surface area contributed by atoms with Gasteiger partial charge in [-0.2, -0.15) is 4.31 Å². The molecule has 1 aliphatic heterocycles. The quantitative estimate of drug-likeness (QED) is 0.734. The molecule has 1 aromatic heterocycles. The summed E-state index contributed by atoms with van der Waals surface area (Å²) in [7, 11) is -3.74. The summed E-state index contributed by atoms with van der Waals surface area (Å²) in [6.07, 6.45) is 2.99. The summed E-state index contributed by atoms with van der Waals surface area (Å²) in [5, 5.41) is 0.604. The van der Waals surface area contributed by atoms with Gasteiger partial charge in [-0.1, -0.05) is 13.0 Å². The van der Waals surface area contributed by atoms with Crippen LogP contribution in [0.4, 0.5) is 0 Å². The Bertz CT molecular complexity index is 1020. The number of nitrogens with zero attached hydrogens (tertiary/aromatic N) is 2. The van der Waals surface area contributed by atoms with Crippen molar-refractivity contribution in [2.45, 2.75) is 43.9 Å². The number of carbonyl (C=O) groups excluding carboxylic acids is 1. The largest absolute Gasteiger partial charge is 0.444 e. The van der Waals surface area contributed by atoms with Crippen molar-refractivity contribution in [3.63, 3.8) is 0 Å². The molecule has 146 valence electrons. The highest BCUT2D eigenvalue weighted by molar-refractivity contribution is 7.89. The molecule has 1 atom stereocenters. The van der Waals surface area contributed by atoms with E-state index in [0.717, 1.165) is 0 Å². The van der Waals surface area contributed by atoms with Gasteiger partial charge >= 0.3 is 5.97 Å². The molecule has 2 aromatic rings. The molecule has 8 nitrogen and oxygen atoms in total. The molecule has 2 heterocycles. The lowest BCUT2D eigenvalue weighted by molar-refractivity contribution is -0.147. The highest BCUT2D eigenvalue weighted by Crippen LogP contribution is 2.26. The average Bonchev–Trinajstić information content (AvgIpc) is 3.08. The van der Waals surface area contributed by atoms with Gasteiger partial charge in [-0.25, -0.2) is 8.42 Å². The van der Waals surface area contributed by atoms with Gasteiger partial charge in [0.1, 0.15) is 0 Å². The van der Waals surface area contributed by atoms with Gasteiger partial charge < -0.3 is 10.5 Å². The number of sulfonamides is 1. The molecular weight excluding hydrogens is 370 g/mol. The van der Waals surface area contributed by atoms with Crippen LogP contribution >= 0.6 is 0 Å². The van der Waals surface area contributed by atoms with Crippen molar-refractivity contribution in [1.82, 2.24) is 8.87 Å². The van der Waals surface area contributed by atoms with Gasteiger partial charge in [-0.05, 0) is 31.0 Å². The predicted molar refractivity (Wildman–Crippen MR) is 101 cm³/mol.